The van der Waals surface area contributed by atoms with Crippen LogP contribution >= 0.6 is 0 Å². The Hall–Kier alpha value is -2.82. The van der Waals surface area contributed by atoms with Crippen molar-refractivity contribution in [3.8, 4) is 11.5 Å². The second kappa shape index (κ2) is 8.91. The number of carbonyl (C=O) groups is 2. The van der Waals surface area contributed by atoms with Gasteiger partial charge in [-0.05, 0) is 63.1 Å². The summed E-state index contributed by atoms with van der Waals surface area (Å²) in [7, 11) is 0. The van der Waals surface area contributed by atoms with E-state index < -0.39 is 5.41 Å². The minimum Gasteiger partial charge on any atom is -0.457 e. The summed E-state index contributed by atoms with van der Waals surface area (Å²) in [5.41, 5.74) is -0.467. The van der Waals surface area contributed by atoms with E-state index in [-0.39, 0.29) is 11.8 Å². The Bertz CT molecular complexity index is 792. The number of anilines is 1. The average molecular weight is 380 g/mol. The molecular formula is C23H28N2O3. The number of benzene rings is 2. The summed E-state index contributed by atoms with van der Waals surface area (Å²) in [5.74, 6) is 1.04. The van der Waals surface area contributed by atoms with Crippen LogP contribution in [0, 0.1) is 5.41 Å². The molecule has 1 aliphatic heterocycles. The number of hydrogen-bond donors (Lipinski definition) is 1. The van der Waals surface area contributed by atoms with Gasteiger partial charge in [0, 0.05) is 18.8 Å². The van der Waals surface area contributed by atoms with Gasteiger partial charge in [0.2, 0.25) is 11.8 Å². The normalized spacial score (nSPS) is 14.9. The van der Waals surface area contributed by atoms with Gasteiger partial charge in [-0.3, -0.25) is 9.59 Å². The number of nitrogens with one attached hydrogen (secondary N) is 1. The van der Waals surface area contributed by atoms with Crippen molar-refractivity contribution in [2.45, 2.75) is 39.5 Å². The minimum atomic E-state index is -1.11. The molecule has 1 aliphatic rings. The van der Waals surface area contributed by atoms with Crippen LogP contribution in [0.4, 0.5) is 5.69 Å². The molecule has 5 nitrogen and oxygen atoms in total. The number of hydrogen-bond acceptors (Lipinski definition) is 3. The second-order valence-electron chi connectivity index (χ2n) is 7.73. The lowest BCUT2D eigenvalue weighted by molar-refractivity contribution is -0.146. The largest absolute Gasteiger partial charge is 0.457 e. The molecule has 2 aromatic rings. The molecule has 0 unspecified atom stereocenters. The third kappa shape index (κ3) is 4.91. The van der Waals surface area contributed by atoms with Gasteiger partial charge in [-0.25, -0.2) is 0 Å². The van der Waals surface area contributed by atoms with E-state index in [1.807, 2.05) is 35.2 Å². The second-order valence-corrected chi connectivity index (χ2v) is 7.73. The molecule has 0 atom stereocenters. The number of likely N-dealkylation sites (tertiary alicyclic amines) is 1. The zero-order valence-electron chi connectivity index (χ0n) is 16.6. The van der Waals surface area contributed by atoms with Crippen LogP contribution in [0.2, 0.25) is 0 Å². The highest BCUT2D eigenvalue weighted by Gasteiger charge is 2.39. The van der Waals surface area contributed by atoms with Gasteiger partial charge in [0.05, 0.1) is 0 Å². The molecule has 1 N–H and O–H groups in total. The van der Waals surface area contributed by atoms with Crippen molar-refractivity contribution >= 4 is 17.5 Å². The van der Waals surface area contributed by atoms with Gasteiger partial charge in [-0.15, -0.1) is 0 Å². The van der Waals surface area contributed by atoms with E-state index in [0.717, 1.165) is 44.5 Å². The standard InChI is InChI=1S/C23H28N2O3/c1-23(2,22(27)25-16-8-3-4-9-17-25)21(26)24-18-12-14-20(15-13-18)28-19-10-6-5-7-11-19/h5-7,10-15H,3-4,8-9,16-17H2,1-2H3,(H,24,26). The zero-order valence-corrected chi connectivity index (χ0v) is 16.6. The highest BCUT2D eigenvalue weighted by molar-refractivity contribution is 6.09. The summed E-state index contributed by atoms with van der Waals surface area (Å²) >= 11 is 0. The summed E-state index contributed by atoms with van der Waals surface area (Å²) < 4.78 is 5.76. The summed E-state index contributed by atoms with van der Waals surface area (Å²) in [6, 6.07) is 16.7. The third-order valence-electron chi connectivity index (χ3n) is 5.09. The van der Waals surface area contributed by atoms with Gasteiger partial charge in [-0.2, -0.15) is 0 Å². The van der Waals surface area contributed by atoms with E-state index in [0.29, 0.717) is 11.4 Å². The molecule has 0 radical (unpaired) electrons. The van der Waals surface area contributed by atoms with E-state index in [4.69, 9.17) is 4.74 Å². The van der Waals surface area contributed by atoms with Crippen LogP contribution in [0.15, 0.2) is 54.6 Å². The van der Waals surface area contributed by atoms with Crippen molar-refractivity contribution in [1.29, 1.82) is 0 Å². The Labute approximate surface area is 166 Å². The fourth-order valence-corrected chi connectivity index (χ4v) is 3.28. The van der Waals surface area contributed by atoms with Gasteiger partial charge in [0.15, 0.2) is 0 Å². The van der Waals surface area contributed by atoms with E-state index in [1.54, 1.807) is 38.1 Å². The van der Waals surface area contributed by atoms with Crippen LogP contribution in [0.1, 0.15) is 39.5 Å². The Morgan fingerprint density at radius 1 is 0.857 bits per heavy atom. The van der Waals surface area contributed by atoms with Crippen molar-refractivity contribution < 1.29 is 14.3 Å². The SMILES string of the molecule is CC(C)(C(=O)Nc1ccc(Oc2ccccc2)cc1)C(=O)N1CCCCCC1. The highest BCUT2D eigenvalue weighted by atomic mass is 16.5. The Morgan fingerprint density at radius 2 is 1.43 bits per heavy atom. The average Bonchev–Trinajstić information content (AvgIpc) is 2.99. The van der Waals surface area contributed by atoms with Gasteiger partial charge in [-0.1, -0.05) is 31.0 Å². The molecule has 1 fully saturated rings. The Balaban J connectivity index is 1.61. The molecule has 3 rings (SSSR count). The number of amides is 2. The van der Waals surface area contributed by atoms with Gasteiger partial charge >= 0.3 is 0 Å². The van der Waals surface area contributed by atoms with Gasteiger partial charge < -0.3 is 15.0 Å². The van der Waals surface area contributed by atoms with Crippen LogP contribution in [-0.4, -0.2) is 29.8 Å². The van der Waals surface area contributed by atoms with E-state index in [1.165, 1.54) is 0 Å². The number of rotatable bonds is 5. The van der Waals surface area contributed by atoms with Crippen LogP contribution in [0.3, 0.4) is 0 Å². The molecule has 1 heterocycles. The molecule has 0 bridgehead atoms. The van der Waals surface area contributed by atoms with E-state index in [9.17, 15) is 9.59 Å². The maximum absolute atomic E-state index is 12.9. The molecule has 28 heavy (non-hydrogen) atoms. The maximum atomic E-state index is 12.9. The van der Waals surface area contributed by atoms with Crippen LogP contribution in [0.25, 0.3) is 0 Å². The Kier molecular flexibility index (Phi) is 6.34. The topological polar surface area (TPSA) is 58.6 Å². The summed E-state index contributed by atoms with van der Waals surface area (Å²) in [6.07, 6.45) is 4.31. The lowest BCUT2D eigenvalue weighted by Gasteiger charge is -2.30. The molecule has 148 valence electrons. The molecule has 2 amide bonds. The quantitative estimate of drug-likeness (QED) is 0.755. The molecule has 0 spiro atoms. The number of carbonyl (C=O) groups excluding carboxylic acids is 2. The smallest absolute Gasteiger partial charge is 0.239 e. The maximum Gasteiger partial charge on any atom is 0.239 e. The molecule has 5 heteroatoms. The lowest BCUT2D eigenvalue weighted by Crippen LogP contribution is -2.47. The summed E-state index contributed by atoms with van der Waals surface area (Å²) in [4.78, 5) is 27.5. The van der Waals surface area contributed by atoms with Crippen molar-refractivity contribution in [1.82, 2.24) is 4.90 Å². The first-order valence-corrected chi connectivity index (χ1v) is 9.90. The predicted molar refractivity (Wildman–Crippen MR) is 110 cm³/mol. The highest BCUT2D eigenvalue weighted by Crippen LogP contribution is 2.26. The fraction of sp³-hybridized carbons (Fsp3) is 0.391. The summed E-state index contributed by atoms with van der Waals surface area (Å²) in [5, 5.41) is 2.87. The fourth-order valence-electron chi connectivity index (χ4n) is 3.28. The van der Waals surface area contributed by atoms with E-state index >= 15 is 0 Å². The van der Waals surface area contributed by atoms with E-state index in [2.05, 4.69) is 5.32 Å². The first-order valence-electron chi connectivity index (χ1n) is 9.90. The van der Waals surface area contributed by atoms with Crippen LogP contribution in [-0.2, 0) is 9.59 Å². The Morgan fingerprint density at radius 3 is 2.04 bits per heavy atom. The number of nitrogens with zero attached hydrogens (tertiary/aromatic N) is 1. The number of ether oxygens (including phenoxy) is 1. The first kappa shape index (κ1) is 19.9. The lowest BCUT2D eigenvalue weighted by atomic mass is 9.90. The molecular weight excluding hydrogens is 352 g/mol. The van der Waals surface area contributed by atoms with Crippen molar-refractivity contribution in [3.63, 3.8) is 0 Å². The minimum absolute atomic E-state index is 0.101. The molecule has 0 aliphatic carbocycles. The molecule has 1 saturated heterocycles. The van der Waals surface area contributed by atoms with Gasteiger partial charge in [0.1, 0.15) is 16.9 Å². The molecule has 2 aromatic carbocycles. The zero-order chi connectivity index (χ0) is 20.0. The monoisotopic (exact) mass is 380 g/mol. The summed E-state index contributed by atoms with van der Waals surface area (Å²) in [6.45, 7) is 4.87. The van der Waals surface area contributed by atoms with Crippen LogP contribution in [0.5, 0.6) is 11.5 Å². The van der Waals surface area contributed by atoms with Crippen molar-refractivity contribution in [2.24, 2.45) is 5.41 Å². The predicted octanol–water partition coefficient (Wildman–Crippen LogP) is 4.85. The van der Waals surface area contributed by atoms with Crippen LogP contribution < -0.4 is 10.1 Å². The molecule has 0 saturated carbocycles. The third-order valence-corrected chi connectivity index (χ3v) is 5.09. The first-order chi connectivity index (χ1) is 13.5. The van der Waals surface area contributed by atoms with Gasteiger partial charge in [0.25, 0.3) is 0 Å². The number of para-hydroxylation sites is 1. The van der Waals surface area contributed by atoms with Crippen molar-refractivity contribution in [2.75, 3.05) is 18.4 Å². The van der Waals surface area contributed by atoms with Crippen molar-refractivity contribution in [3.05, 3.63) is 54.6 Å². The molecule has 0 aromatic heterocycles.